The molecule has 0 aromatic carbocycles. The van der Waals surface area contributed by atoms with Gasteiger partial charge in [-0.25, -0.2) is 9.78 Å². The number of imidazole rings is 1. The van der Waals surface area contributed by atoms with Gasteiger partial charge in [-0.1, -0.05) is 20.8 Å². The summed E-state index contributed by atoms with van der Waals surface area (Å²) in [6, 6.07) is 0. The summed E-state index contributed by atoms with van der Waals surface area (Å²) >= 11 is 0. The summed E-state index contributed by atoms with van der Waals surface area (Å²) in [6.45, 7) is 6.90. The van der Waals surface area contributed by atoms with Crippen LogP contribution in [-0.2, 0) is 4.74 Å². The molecule has 0 spiro atoms. The van der Waals surface area contributed by atoms with Crippen molar-refractivity contribution in [2.24, 2.45) is 16.7 Å². The molecule has 1 N–H and O–H groups in total. The molecule has 98 valence electrons. The molecule has 3 atom stereocenters. The van der Waals surface area contributed by atoms with Crippen molar-refractivity contribution in [2.45, 2.75) is 46.1 Å². The SMILES string of the molecule is CC1(C)C2CCC1(C)C(OC(=O)c1cnc[nH]1)C2. The summed E-state index contributed by atoms with van der Waals surface area (Å²) in [5, 5.41) is 0. The second kappa shape index (κ2) is 3.59. The van der Waals surface area contributed by atoms with Crippen LogP contribution in [0.1, 0.15) is 50.5 Å². The van der Waals surface area contributed by atoms with Gasteiger partial charge in [-0.05, 0) is 30.6 Å². The molecule has 2 aliphatic rings. The van der Waals surface area contributed by atoms with Gasteiger partial charge in [-0.3, -0.25) is 0 Å². The summed E-state index contributed by atoms with van der Waals surface area (Å²) in [5.74, 6) is 0.407. The van der Waals surface area contributed by atoms with E-state index in [2.05, 4.69) is 30.7 Å². The largest absolute Gasteiger partial charge is 0.457 e. The number of nitrogens with zero attached hydrogens (tertiary/aromatic N) is 1. The predicted molar refractivity (Wildman–Crippen MR) is 67.0 cm³/mol. The van der Waals surface area contributed by atoms with Crippen molar-refractivity contribution in [2.75, 3.05) is 0 Å². The first-order chi connectivity index (χ1) is 8.45. The highest BCUT2D eigenvalue weighted by molar-refractivity contribution is 5.87. The molecule has 3 rings (SSSR count). The zero-order valence-electron chi connectivity index (χ0n) is 11.2. The van der Waals surface area contributed by atoms with Gasteiger partial charge in [0.05, 0.1) is 12.5 Å². The maximum absolute atomic E-state index is 12.0. The Morgan fingerprint density at radius 1 is 1.50 bits per heavy atom. The summed E-state index contributed by atoms with van der Waals surface area (Å²) in [7, 11) is 0. The molecule has 18 heavy (non-hydrogen) atoms. The van der Waals surface area contributed by atoms with Crippen molar-refractivity contribution in [1.82, 2.24) is 9.97 Å². The van der Waals surface area contributed by atoms with Crippen LogP contribution in [0, 0.1) is 16.7 Å². The average Bonchev–Trinajstić information content (AvgIpc) is 2.95. The molecule has 2 fully saturated rings. The predicted octanol–water partition coefficient (Wildman–Crippen LogP) is 2.78. The number of aromatic amines is 1. The number of carbonyl (C=O) groups is 1. The summed E-state index contributed by atoms with van der Waals surface area (Å²) in [6.07, 6.45) is 6.49. The van der Waals surface area contributed by atoms with Crippen molar-refractivity contribution in [3.63, 3.8) is 0 Å². The maximum atomic E-state index is 12.0. The Morgan fingerprint density at radius 3 is 2.78 bits per heavy atom. The standard InChI is InChI=1S/C14H20N2O2/c1-13(2)9-4-5-14(13,3)11(6-9)18-12(17)10-7-15-8-16-10/h7-9,11H,4-6H2,1-3H3,(H,15,16). The minimum Gasteiger partial charge on any atom is -0.457 e. The molecule has 0 saturated heterocycles. The third-order valence-electron chi connectivity index (χ3n) is 5.68. The van der Waals surface area contributed by atoms with Gasteiger partial charge in [0, 0.05) is 5.41 Å². The molecule has 0 amide bonds. The van der Waals surface area contributed by atoms with Crippen LogP contribution in [0.3, 0.4) is 0 Å². The normalized spacial score (nSPS) is 36.8. The van der Waals surface area contributed by atoms with E-state index in [1.54, 1.807) is 0 Å². The van der Waals surface area contributed by atoms with Crippen LogP contribution in [0.5, 0.6) is 0 Å². The number of nitrogens with one attached hydrogen (secondary N) is 1. The van der Waals surface area contributed by atoms with Crippen LogP contribution in [0.25, 0.3) is 0 Å². The molecule has 1 aromatic rings. The Labute approximate surface area is 107 Å². The van der Waals surface area contributed by atoms with Crippen molar-refractivity contribution in [3.8, 4) is 0 Å². The molecule has 2 saturated carbocycles. The van der Waals surface area contributed by atoms with E-state index in [0.29, 0.717) is 11.6 Å². The zero-order valence-corrected chi connectivity index (χ0v) is 11.2. The lowest BCUT2D eigenvalue weighted by molar-refractivity contribution is -0.0246. The van der Waals surface area contributed by atoms with Crippen LogP contribution < -0.4 is 0 Å². The molecule has 2 aliphatic carbocycles. The second-order valence-corrected chi connectivity index (χ2v) is 6.47. The number of aromatic nitrogens is 2. The van der Waals surface area contributed by atoms with E-state index in [1.165, 1.54) is 18.9 Å². The van der Waals surface area contributed by atoms with E-state index >= 15 is 0 Å². The quantitative estimate of drug-likeness (QED) is 0.819. The smallest absolute Gasteiger partial charge is 0.356 e. The Morgan fingerprint density at radius 2 is 2.28 bits per heavy atom. The molecule has 3 unspecified atom stereocenters. The summed E-state index contributed by atoms with van der Waals surface area (Å²) in [5.41, 5.74) is 0.832. The number of ether oxygens (including phenoxy) is 1. The van der Waals surface area contributed by atoms with Gasteiger partial charge in [-0.15, -0.1) is 0 Å². The van der Waals surface area contributed by atoms with Crippen LogP contribution in [0.4, 0.5) is 0 Å². The van der Waals surface area contributed by atoms with Gasteiger partial charge < -0.3 is 9.72 Å². The molecule has 0 aliphatic heterocycles. The molecule has 0 radical (unpaired) electrons. The lowest BCUT2D eigenvalue weighted by atomic mass is 9.70. The van der Waals surface area contributed by atoms with E-state index < -0.39 is 0 Å². The number of hydrogen-bond donors (Lipinski definition) is 1. The number of H-pyrrole nitrogens is 1. The highest BCUT2D eigenvalue weighted by atomic mass is 16.5. The topological polar surface area (TPSA) is 55.0 Å². The van der Waals surface area contributed by atoms with E-state index in [4.69, 9.17) is 4.74 Å². The van der Waals surface area contributed by atoms with E-state index in [9.17, 15) is 4.79 Å². The molecule has 1 heterocycles. The van der Waals surface area contributed by atoms with Gasteiger partial charge in [0.2, 0.25) is 0 Å². The van der Waals surface area contributed by atoms with Gasteiger partial charge in [0.15, 0.2) is 0 Å². The third kappa shape index (κ3) is 1.38. The molecule has 1 aromatic heterocycles. The Bertz CT molecular complexity index is 466. The van der Waals surface area contributed by atoms with Crippen LogP contribution in [0.2, 0.25) is 0 Å². The first-order valence-corrected chi connectivity index (χ1v) is 6.64. The molecular formula is C14H20N2O2. The molecular weight excluding hydrogens is 228 g/mol. The molecule has 2 bridgehead atoms. The fourth-order valence-electron chi connectivity index (χ4n) is 3.87. The van der Waals surface area contributed by atoms with Gasteiger partial charge in [0.1, 0.15) is 11.8 Å². The van der Waals surface area contributed by atoms with Crippen LogP contribution in [0.15, 0.2) is 12.5 Å². The van der Waals surface area contributed by atoms with Crippen molar-refractivity contribution in [3.05, 3.63) is 18.2 Å². The van der Waals surface area contributed by atoms with Crippen molar-refractivity contribution in [1.29, 1.82) is 0 Å². The summed E-state index contributed by atoms with van der Waals surface area (Å²) in [4.78, 5) is 18.7. The number of rotatable bonds is 2. The fourth-order valence-corrected chi connectivity index (χ4v) is 3.87. The summed E-state index contributed by atoms with van der Waals surface area (Å²) < 4.78 is 5.72. The molecule has 4 heteroatoms. The minimum atomic E-state index is -0.276. The minimum absolute atomic E-state index is 0.0436. The highest BCUT2D eigenvalue weighted by Gasteiger charge is 2.62. The monoisotopic (exact) mass is 248 g/mol. The zero-order chi connectivity index (χ0) is 13.0. The van der Waals surface area contributed by atoms with Crippen molar-refractivity contribution >= 4 is 5.97 Å². The van der Waals surface area contributed by atoms with E-state index in [0.717, 1.165) is 12.8 Å². The number of esters is 1. The Hall–Kier alpha value is -1.32. The van der Waals surface area contributed by atoms with Gasteiger partial charge in [0.25, 0.3) is 0 Å². The van der Waals surface area contributed by atoms with Crippen molar-refractivity contribution < 1.29 is 9.53 Å². The Balaban J connectivity index is 1.78. The van der Waals surface area contributed by atoms with Gasteiger partial charge >= 0.3 is 5.97 Å². The fraction of sp³-hybridized carbons (Fsp3) is 0.714. The Kier molecular flexibility index (Phi) is 2.34. The van der Waals surface area contributed by atoms with E-state index in [1.807, 2.05) is 0 Å². The average molecular weight is 248 g/mol. The molecule has 4 nitrogen and oxygen atoms in total. The maximum Gasteiger partial charge on any atom is 0.356 e. The second-order valence-electron chi connectivity index (χ2n) is 6.47. The highest BCUT2D eigenvalue weighted by Crippen LogP contribution is 2.66. The van der Waals surface area contributed by atoms with Crippen LogP contribution in [-0.4, -0.2) is 22.0 Å². The first-order valence-electron chi connectivity index (χ1n) is 6.64. The lowest BCUT2D eigenvalue weighted by Gasteiger charge is -2.38. The van der Waals surface area contributed by atoms with E-state index in [-0.39, 0.29) is 22.9 Å². The lowest BCUT2D eigenvalue weighted by Crippen LogP contribution is -2.38. The number of hydrogen-bond acceptors (Lipinski definition) is 3. The number of fused-ring (bicyclic) bond motifs is 2. The van der Waals surface area contributed by atoms with Crippen LogP contribution >= 0.6 is 0 Å². The third-order valence-corrected chi connectivity index (χ3v) is 5.68. The van der Waals surface area contributed by atoms with Gasteiger partial charge in [-0.2, -0.15) is 0 Å². The first kappa shape index (κ1) is 11.8. The number of carbonyl (C=O) groups excluding carboxylic acids is 1.